The Hall–Kier alpha value is -3.70. The Bertz CT molecular complexity index is 1330. The van der Waals surface area contributed by atoms with Crippen molar-refractivity contribution in [1.29, 1.82) is 0 Å². The minimum absolute atomic E-state index is 0.0180. The highest BCUT2D eigenvalue weighted by molar-refractivity contribution is 6.31. The van der Waals surface area contributed by atoms with Gasteiger partial charge in [0.15, 0.2) is 0 Å². The van der Waals surface area contributed by atoms with E-state index in [1.807, 2.05) is 18.0 Å². The number of piperidine rings is 1. The van der Waals surface area contributed by atoms with Crippen LogP contribution in [0.25, 0.3) is 0 Å². The number of hydrogen-bond donors (Lipinski definition) is 2. The fourth-order valence-corrected chi connectivity index (χ4v) is 4.67. The molecule has 1 saturated heterocycles. The first-order valence-electron chi connectivity index (χ1n) is 11.8. The van der Waals surface area contributed by atoms with Gasteiger partial charge in [0.25, 0.3) is 11.8 Å². The fraction of sp³-hybridized carbons (Fsp3) is 0.308. The minimum atomic E-state index is -4.50. The van der Waals surface area contributed by atoms with Crippen molar-refractivity contribution in [2.24, 2.45) is 0 Å². The van der Waals surface area contributed by atoms with E-state index in [2.05, 4.69) is 10.6 Å². The number of nitrogens with one attached hydrogen (secondary N) is 2. The van der Waals surface area contributed by atoms with Crippen LogP contribution in [0.15, 0.2) is 54.2 Å². The average Bonchev–Trinajstić information content (AvgIpc) is 3.10. The highest BCUT2D eigenvalue weighted by Crippen LogP contribution is 2.35. The van der Waals surface area contributed by atoms with Crippen LogP contribution in [-0.4, -0.2) is 53.1 Å². The van der Waals surface area contributed by atoms with Crippen LogP contribution < -0.4 is 10.6 Å². The number of anilines is 1. The predicted octanol–water partition coefficient (Wildman–Crippen LogP) is 3.50. The zero-order valence-corrected chi connectivity index (χ0v) is 21.0. The zero-order valence-electron chi connectivity index (χ0n) is 20.3. The molecule has 0 radical (unpaired) electrons. The van der Waals surface area contributed by atoms with Crippen LogP contribution in [0.1, 0.15) is 29.5 Å². The first-order chi connectivity index (χ1) is 17.9. The molecule has 200 valence electrons. The van der Waals surface area contributed by atoms with Crippen molar-refractivity contribution in [1.82, 2.24) is 15.1 Å². The number of rotatable bonds is 8. The lowest BCUT2D eigenvalue weighted by Gasteiger charge is -2.28. The maximum atomic E-state index is 12.9. The van der Waals surface area contributed by atoms with Gasteiger partial charge in [-0.3, -0.25) is 29.4 Å². The fourth-order valence-electron chi connectivity index (χ4n) is 4.36. The van der Waals surface area contributed by atoms with Crippen LogP contribution in [0.4, 0.5) is 18.9 Å². The number of likely N-dealkylation sites (N-methyl/N-ethyl adjacent to an activating group) is 1. The minimum Gasteiger partial charge on any atom is -0.351 e. The van der Waals surface area contributed by atoms with Gasteiger partial charge in [-0.05, 0) is 55.3 Å². The molecule has 2 aromatic rings. The number of benzene rings is 2. The van der Waals surface area contributed by atoms with Gasteiger partial charge in [0.05, 0.1) is 10.6 Å². The first kappa shape index (κ1) is 27.3. The smallest absolute Gasteiger partial charge is 0.351 e. The summed E-state index contributed by atoms with van der Waals surface area (Å²) in [5, 5.41) is 4.75. The number of amides is 4. The lowest BCUT2D eigenvalue weighted by molar-refractivity contribution is -0.149. The summed E-state index contributed by atoms with van der Waals surface area (Å²) in [6, 6.07) is 9.87. The quantitative estimate of drug-likeness (QED) is 0.490. The summed E-state index contributed by atoms with van der Waals surface area (Å²) < 4.78 is 38.7. The van der Waals surface area contributed by atoms with Gasteiger partial charge in [-0.15, -0.1) is 0 Å². The standard InChI is InChI=1S/C26H24ClF3N4O4/c1-33(10-9-15-5-6-18(19(27)12-15)26(28,29)30)14-16-3-2-4-17(11-16)31-20-13-23(36)34(25(20)38)21-7-8-22(35)32-24(21)37/h2-6,11-13,21,31H,7-10,14H2,1H3,(H,32,35,37). The lowest BCUT2D eigenvalue weighted by atomic mass is 10.0. The maximum Gasteiger partial charge on any atom is 0.417 e. The van der Waals surface area contributed by atoms with Crippen LogP contribution in [0.3, 0.4) is 0 Å². The average molecular weight is 549 g/mol. The van der Waals surface area contributed by atoms with Crippen molar-refractivity contribution in [2.75, 3.05) is 18.9 Å². The summed E-state index contributed by atoms with van der Waals surface area (Å²) >= 11 is 5.81. The molecule has 0 aromatic heterocycles. The van der Waals surface area contributed by atoms with E-state index in [0.29, 0.717) is 30.8 Å². The topological polar surface area (TPSA) is 98.8 Å². The van der Waals surface area contributed by atoms with Crippen LogP contribution >= 0.6 is 11.6 Å². The molecule has 1 atom stereocenters. The van der Waals surface area contributed by atoms with Crippen molar-refractivity contribution >= 4 is 40.9 Å². The molecule has 2 N–H and O–H groups in total. The molecule has 0 bridgehead atoms. The van der Waals surface area contributed by atoms with Crippen LogP contribution in [0.5, 0.6) is 0 Å². The van der Waals surface area contributed by atoms with Crippen LogP contribution in [-0.2, 0) is 38.3 Å². The summed E-state index contributed by atoms with van der Waals surface area (Å²) in [6.07, 6.45) is -2.77. The third kappa shape index (κ3) is 6.22. The number of alkyl halides is 3. The van der Waals surface area contributed by atoms with E-state index >= 15 is 0 Å². The summed E-state index contributed by atoms with van der Waals surface area (Å²) in [4.78, 5) is 51.7. The molecule has 2 aliphatic heterocycles. The van der Waals surface area contributed by atoms with Crippen molar-refractivity contribution in [3.05, 3.63) is 76.0 Å². The lowest BCUT2D eigenvalue weighted by Crippen LogP contribution is -2.54. The van der Waals surface area contributed by atoms with E-state index in [-0.39, 0.29) is 23.6 Å². The van der Waals surface area contributed by atoms with Gasteiger partial charge in [0, 0.05) is 31.3 Å². The molecule has 1 fully saturated rings. The Morgan fingerprint density at radius 1 is 1.11 bits per heavy atom. The highest BCUT2D eigenvalue weighted by atomic mass is 35.5. The number of carbonyl (C=O) groups excluding carboxylic acids is 4. The highest BCUT2D eigenvalue weighted by Gasteiger charge is 2.42. The molecule has 1 unspecified atom stereocenters. The van der Waals surface area contributed by atoms with Gasteiger partial charge in [0.1, 0.15) is 11.7 Å². The van der Waals surface area contributed by atoms with Crippen molar-refractivity contribution < 1.29 is 32.3 Å². The number of halogens is 4. The van der Waals surface area contributed by atoms with Crippen molar-refractivity contribution in [3.63, 3.8) is 0 Å². The molecule has 2 aliphatic rings. The van der Waals surface area contributed by atoms with E-state index in [0.717, 1.165) is 22.6 Å². The molecule has 0 saturated carbocycles. The first-order valence-corrected chi connectivity index (χ1v) is 12.1. The Labute approximate surface area is 221 Å². The summed E-state index contributed by atoms with van der Waals surface area (Å²) in [5.41, 5.74) is 1.29. The number of nitrogens with zero attached hydrogens (tertiary/aromatic N) is 2. The van der Waals surface area contributed by atoms with Gasteiger partial charge in [-0.2, -0.15) is 13.2 Å². The normalized spacial score (nSPS) is 18.2. The van der Waals surface area contributed by atoms with E-state index in [1.54, 1.807) is 18.2 Å². The second-order valence-electron chi connectivity index (χ2n) is 9.16. The van der Waals surface area contributed by atoms with Crippen LogP contribution in [0, 0.1) is 0 Å². The second kappa shape index (κ2) is 11.0. The molecule has 0 aliphatic carbocycles. The molecule has 2 heterocycles. The van der Waals surface area contributed by atoms with Crippen LogP contribution in [0.2, 0.25) is 5.02 Å². The molecule has 38 heavy (non-hydrogen) atoms. The van der Waals surface area contributed by atoms with E-state index < -0.39 is 41.4 Å². The van der Waals surface area contributed by atoms with Gasteiger partial charge >= 0.3 is 6.18 Å². The molecule has 2 aromatic carbocycles. The SMILES string of the molecule is CN(CCc1ccc(C(F)(F)F)c(Cl)c1)Cc1cccc(NC2=CC(=O)N(C3CCC(=O)NC3=O)C2=O)c1. The summed E-state index contributed by atoms with van der Waals surface area (Å²) in [5.74, 6) is -2.41. The number of imide groups is 2. The van der Waals surface area contributed by atoms with Crippen molar-refractivity contribution in [2.45, 2.75) is 38.0 Å². The molecule has 4 rings (SSSR count). The third-order valence-corrected chi connectivity index (χ3v) is 6.57. The number of carbonyl (C=O) groups is 4. The van der Waals surface area contributed by atoms with Gasteiger partial charge in [-0.25, -0.2) is 0 Å². The Kier molecular flexibility index (Phi) is 7.89. The molecule has 4 amide bonds. The van der Waals surface area contributed by atoms with E-state index in [9.17, 15) is 32.3 Å². The molecule has 8 nitrogen and oxygen atoms in total. The molecule has 12 heteroatoms. The largest absolute Gasteiger partial charge is 0.417 e. The van der Waals surface area contributed by atoms with Gasteiger partial charge < -0.3 is 10.2 Å². The maximum absolute atomic E-state index is 12.9. The number of hydrogen-bond acceptors (Lipinski definition) is 6. The summed E-state index contributed by atoms with van der Waals surface area (Å²) in [6.45, 7) is 1.07. The molecular weight excluding hydrogens is 525 g/mol. The molecular formula is C26H24ClF3N4O4. The van der Waals surface area contributed by atoms with Crippen molar-refractivity contribution in [3.8, 4) is 0 Å². The predicted molar refractivity (Wildman–Crippen MR) is 133 cm³/mol. The summed E-state index contributed by atoms with van der Waals surface area (Å²) in [7, 11) is 1.87. The molecule has 0 spiro atoms. The monoisotopic (exact) mass is 548 g/mol. The Balaban J connectivity index is 1.34. The second-order valence-corrected chi connectivity index (χ2v) is 9.57. The van der Waals surface area contributed by atoms with Gasteiger partial charge in [0.2, 0.25) is 11.8 Å². The van der Waals surface area contributed by atoms with E-state index in [1.165, 1.54) is 12.1 Å². The zero-order chi connectivity index (χ0) is 27.6. The Morgan fingerprint density at radius 2 is 1.87 bits per heavy atom. The van der Waals surface area contributed by atoms with Gasteiger partial charge in [-0.1, -0.05) is 29.8 Å². The van der Waals surface area contributed by atoms with E-state index in [4.69, 9.17) is 11.6 Å². The Morgan fingerprint density at radius 3 is 2.55 bits per heavy atom. The third-order valence-electron chi connectivity index (χ3n) is 6.26.